The van der Waals surface area contributed by atoms with Gasteiger partial charge in [0.25, 0.3) is 0 Å². The molecule has 0 unspecified atom stereocenters. The number of hydrogen-bond acceptors (Lipinski definition) is 5. The summed E-state index contributed by atoms with van der Waals surface area (Å²) in [6.45, 7) is 0. The summed E-state index contributed by atoms with van der Waals surface area (Å²) < 4.78 is 0. The van der Waals surface area contributed by atoms with Gasteiger partial charge >= 0.3 is 5.97 Å². The highest BCUT2D eigenvalue weighted by atomic mass is 16.4. The second-order valence-electron chi connectivity index (χ2n) is 2.89. The molecule has 4 N–H and O–H groups in total. The molecular formula is C10H8O6. The van der Waals surface area contributed by atoms with Crippen molar-refractivity contribution in [1.82, 2.24) is 0 Å². The Bertz CT molecular complexity index is 451. The number of ketones is 1. The molecule has 0 fully saturated rings. The molecule has 6 nitrogen and oxygen atoms in total. The van der Waals surface area contributed by atoms with Gasteiger partial charge in [-0.15, -0.1) is 0 Å². The van der Waals surface area contributed by atoms with Gasteiger partial charge in [0.05, 0.1) is 0 Å². The van der Waals surface area contributed by atoms with E-state index < -0.39 is 34.6 Å². The summed E-state index contributed by atoms with van der Waals surface area (Å²) in [4.78, 5) is 21.5. The van der Waals surface area contributed by atoms with E-state index in [2.05, 4.69) is 0 Å². The Kier molecular flexibility index (Phi) is 3.14. The lowest BCUT2D eigenvalue weighted by Gasteiger charge is -2.04. The fourth-order valence-electron chi connectivity index (χ4n) is 1.08. The Hall–Kier alpha value is -2.50. The highest BCUT2D eigenvalue weighted by molar-refractivity contribution is 6.10. The number of carboxylic acids is 1. The fraction of sp³-hybridized carbons (Fsp3) is 0. The third-order valence-corrected chi connectivity index (χ3v) is 1.71. The molecule has 16 heavy (non-hydrogen) atoms. The first-order valence-electron chi connectivity index (χ1n) is 4.12. The first-order chi connectivity index (χ1) is 7.41. The third kappa shape index (κ3) is 2.50. The standard InChI is InChI=1S/C10H8O6/c11-5-3-7(13)10(8(14)4-5)6(12)1-2-9(15)16/h1-4,11,13-14H,(H,15,16)/b2-1+. The van der Waals surface area contributed by atoms with Gasteiger partial charge in [-0.2, -0.15) is 0 Å². The molecule has 0 bridgehead atoms. The zero-order chi connectivity index (χ0) is 12.3. The minimum Gasteiger partial charge on any atom is -0.508 e. The summed E-state index contributed by atoms with van der Waals surface area (Å²) in [5.41, 5.74) is -0.463. The van der Waals surface area contributed by atoms with Crippen LogP contribution >= 0.6 is 0 Å². The molecule has 1 rings (SSSR count). The van der Waals surface area contributed by atoms with Crippen LogP contribution in [0, 0.1) is 0 Å². The van der Waals surface area contributed by atoms with Crippen molar-refractivity contribution in [3.63, 3.8) is 0 Å². The second-order valence-corrected chi connectivity index (χ2v) is 2.89. The summed E-state index contributed by atoms with van der Waals surface area (Å²) in [6, 6.07) is 1.73. The quantitative estimate of drug-likeness (QED) is 0.442. The van der Waals surface area contributed by atoms with Crippen LogP contribution in [0.2, 0.25) is 0 Å². The van der Waals surface area contributed by atoms with Gasteiger partial charge < -0.3 is 20.4 Å². The lowest BCUT2D eigenvalue weighted by molar-refractivity contribution is -0.131. The molecule has 0 amide bonds. The Morgan fingerprint density at radius 1 is 1.00 bits per heavy atom. The summed E-state index contributed by atoms with van der Waals surface area (Å²) >= 11 is 0. The maximum atomic E-state index is 11.4. The SMILES string of the molecule is O=C(O)/C=C/C(=O)c1c(O)cc(O)cc1O. The van der Waals surface area contributed by atoms with Crippen molar-refractivity contribution in [1.29, 1.82) is 0 Å². The molecule has 1 aromatic carbocycles. The molecule has 0 aromatic heterocycles. The highest BCUT2D eigenvalue weighted by Gasteiger charge is 2.15. The van der Waals surface area contributed by atoms with Gasteiger partial charge in [-0.1, -0.05) is 0 Å². The molecule has 84 valence electrons. The van der Waals surface area contributed by atoms with E-state index in [0.29, 0.717) is 12.2 Å². The summed E-state index contributed by atoms with van der Waals surface area (Å²) in [5, 5.41) is 35.8. The number of aliphatic carboxylic acids is 1. The molecule has 0 aliphatic carbocycles. The van der Waals surface area contributed by atoms with Crippen molar-refractivity contribution in [3.05, 3.63) is 29.8 Å². The zero-order valence-electron chi connectivity index (χ0n) is 7.91. The van der Waals surface area contributed by atoms with E-state index in [1.165, 1.54) is 0 Å². The number of carbonyl (C=O) groups is 2. The minimum absolute atomic E-state index is 0.409. The van der Waals surface area contributed by atoms with E-state index in [-0.39, 0.29) is 0 Å². The van der Waals surface area contributed by atoms with Crippen molar-refractivity contribution >= 4 is 11.8 Å². The van der Waals surface area contributed by atoms with Crippen LogP contribution in [0.25, 0.3) is 0 Å². The van der Waals surface area contributed by atoms with Crippen LogP contribution in [-0.4, -0.2) is 32.2 Å². The number of aromatic hydroxyl groups is 3. The van der Waals surface area contributed by atoms with Crippen molar-refractivity contribution in [3.8, 4) is 17.2 Å². The van der Waals surface area contributed by atoms with Crippen LogP contribution in [0.1, 0.15) is 10.4 Å². The first kappa shape index (κ1) is 11.6. The number of carbonyl (C=O) groups excluding carboxylic acids is 1. The largest absolute Gasteiger partial charge is 0.508 e. The predicted octanol–water partition coefficient (Wildman–Crippen LogP) is 0.627. The van der Waals surface area contributed by atoms with Gasteiger partial charge in [0.1, 0.15) is 22.8 Å². The van der Waals surface area contributed by atoms with Gasteiger partial charge in [-0.3, -0.25) is 4.79 Å². The molecule has 0 aliphatic rings. The van der Waals surface area contributed by atoms with Gasteiger partial charge in [0.2, 0.25) is 0 Å². The van der Waals surface area contributed by atoms with Crippen molar-refractivity contribution in [2.75, 3.05) is 0 Å². The summed E-state index contributed by atoms with van der Waals surface area (Å²) in [6.07, 6.45) is 1.27. The summed E-state index contributed by atoms with van der Waals surface area (Å²) in [5.74, 6) is -3.87. The van der Waals surface area contributed by atoms with Crippen molar-refractivity contribution < 1.29 is 30.0 Å². The molecule has 0 aliphatic heterocycles. The second kappa shape index (κ2) is 4.35. The molecule has 1 aromatic rings. The van der Waals surface area contributed by atoms with E-state index in [0.717, 1.165) is 12.1 Å². The van der Waals surface area contributed by atoms with Crippen molar-refractivity contribution in [2.45, 2.75) is 0 Å². The Labute approximate surface area is 89.7 Å². The topological polar surface area (TPSA) is 115 Å². The predicted molar refractivity (Wildman–Crippen MR) is 52.5 cm³/mol. The van der Waals surface area contributed by atoms with Gasteiger partial charge in [0, 0.05) is 18.2 Å². The van der Waals surface area contributed by atoms with Crippen LogP contribution in [-0.2, 0) is 4.79 Å². The van der Waals surface area contributed by atoms with E-state index in [9.17, 15) is 19.8 Å². The van der Waals surface area contributed by atoms with Crippen LogP contribution in [0.4, 0.5) is 0 Å². The maximum absolute atomic E-state index is 11.4. The smallest absolute Gasteiger partial charge is 0.328 e. The van der Waals surface area contributed by atoms with Gasteiger partial charge in [-0.25, -0.2) is 4.79 Å². The number of rotatable bonds is 3. The van der Waals surface area contributed by atoms with E-state index >= 15 is 0 Å². The molecule has 0 heterocycles. The minimum atomic E-state index is -1.33. The molecular weight excluding hydrogens is 216 g/mol. The number of phenolic OH excluding ortho intramolecular Hbond substituents is 3. The average molecular weight is 224 g/mol. The Morgan fingerprint density at radius 3 is 1.94 bits per heavy atom. The third-order valence-electron chi connectivity index (χ3n) is 1.71. The van der Waals surface area contributed by atoms with Crippen LogP contribution in [0.15, 0.2) is 24.3 Å². The molecule has 0 spiro atoms. The molecule has 6 heteroatoms. The Morgan fingerprint density at radius 2 is 1.50 bits per heavy atom. The lowest BCUT2D eigenvalue weighted by atomic mass is 10.1. The van der Waals surface area contributed by atoms with E-state index in [4.69, 9.17) is 10.2 Å². The monoisotopic (exact) mass is 224 g/mol. The number of phenols is 3. The number of allylic oxidation sites excluding steroid dienone is 1. The summed E-state index contributed by atoms with van der Waals surface area (Å²) in [7, 11) is 0. The van der Waals surface area contributed by atoms with Crippen molar-refractivity contribution in [2.24, 2.45) is 0 Å². The van der Waals surface area contributed by atoms with E-state index in [1.807, 2.05) is 0 Å². The average Bonchev–Trinajstić information content (AvgIpc) is 2.12. The van der Waals surface area contributed by atoms with Crippen LogP contribution in [0.5, 0.6) is 17.2 Å². The zero-order valence-corrected chi connectivity index (χ0v) is 7.91. The Balaban J connectivity index is 3.14. The molecule has 0 saturated heterocycles. The molecule has 0 atom stereocenters. The molecule has 0 saturated carbocycles. The first-order valence-corrected chi connectivity index (χ1v) is 4.12. The normalized spacial score (nSPS) is 10.5. The number of hydrogen-bond donors (Lipinski definition) is 4. The number of carboxylic acid groups (broad SMARTS) is 1. The van der Waals surface area contributed by atoms with Crippen LogP contribution in [0.3, 0.4) is 0 Å². The maximum Gasteiger partial charge on any atom is 0.328 e. The van der Waals surface area contributed by atoms with E-state index in [1.54, 1.807) is 0 Å². The highest BCUT2D eigenvalue weighted by Crippen LogP contribution is 2.32. The number of benzene rings is 1. The van der Waals surface area contributed by atoms with Gasteiger partial charge in [0.15, 0.2) is 5.78 Å². The molecule has 0 radical (unpaired) electrons. The lowest BCUT2D eigenvalue weighted by Crippen LogP contribution is -1.98. The fourth-order valence-corrected chi connectivity index (χ4v) is 1.08. The van der Waals surface area contributed by atoms with Crippen LogP contribution < -0.4 is 0 Å². The van der Waals surface area contributed by atoms with Gasteiger partial charge in [-0.05, 0) is 6.08 Å².